The molecular formula is C20H16F4N2O4. The number of carbonyl (C=O) groups excluding carboxylic acids is 1. The van der Waals surface area contributed by atoms with Crippen molar-refractivity contribution in [2.24, 2.45) is 0 Å². The standard InChI is InChI=1S/C20H16F4N2O4/c1-10-3-4-15(21)12(5-10)9-26(2)19(30)13(8-25)17(28)11-6-14(20(22,23)24)18(29)16(27)7-11/h3-7,27-29H,9H2,1-2H3/b17-13-. The SMILES string of the molecule is Cc1ccc(F)c(CN(C)C(=O)/C(C#N)=C(\O)c2cc(O)c(O)c(C(F)(F)F)c2)c1. The molecule has 158 valence electrons. The first-order chi connectivity index (χ1) is 13.9. The zero-order valence-electron chi connectivity index (χ0n) is 15.8. The number of nitrogens with zero attached hydrogens (tertiary/aromatic N) is 2. The number of rotatable bonds is 4. The maximum atomic E-state index is 13.9. The summed E-state index contributed by atoms with van der Waals surface area (Å²) >= 11 is 0. The van der Waals surface area contributed by atoms with E-state index in [2.05, 4.69) is 0 Å². The van der Waals surface area contributed by atoms with Gasteiger partial charge in [0, 0.05) is 24.7 Å². The molecule has 0 atom stereocenters. The Morgan fingerprint density at radius 3 is 2.40 bits per heavy atom. The molecule has 3 N–H and O–H groups in total. The van der Waals surface area contributed by atoms with Crippen LogP contribution in [0.25, 0.3) is 5.76 Å². The van der Waals surface area contributed by atoms with Gasteiger partial charge in [-0.05, 0) is 25.1 Å². The number of aliphatic hydroxyl groups is 1. The lowest BCUT2D eigenvalue weighted by molar-refractivity contribution is -0.139. The van der Waals surface area contributed by atoms with Crippen LogP contribution in [0.5, 0.6) is 11.5 Å². The summed E-state index contributed by atoms with van der Waals surface area (Å²) in [5, 5.41) is 38.5. The fraction of sp³-hybridized carbons (Fsp3) is 0.200. The number of amides is 1. The van der Waals surface area contributed by atoms with Gasteiger partial charge in [0.25, 0.3) is 5.91 Å². The summed E-state index contributed by atoms with van der Waals surface area (Å²) in [5.41, 5.74) is -2.46. The van der Waals surface area contributed by atoms with E-state index in [0.29, 0.717) is 11.6 Å². The van der Waals surface area contributed by atoms with Gasteiger partial charge in [0.15, 0.2) is 17.1 Å². The number of phenols is 2. The molecule has 0 aliphatic carbocycles. The molecule has 0 saturated carbocycles. The van der Waals surface area contributed by atoms with Gasteiger partial charge in [-0.3, -0.25) is 4.79 Å². The summed E-state index contributed by atoms with van der Waals surface area (Å²) in [5.74, 6) is -5.50. The Balaban J connectivity index is 2.46. The fourth-order valence-corrected chi connectivity index (χ4v) is 2.66. The highest BCUT2D eigenvalue weighted by Crippen LogP contribution is 2.42. The molecule has 0 fully saturated rings. The molecule has 2 rings (SSSR count). The molecule has 0 heterocycles. The molecule has 2 aromatic rings. The predicted molar refractivity (Wildman–Crippen MR) is 97.5 cm³/mol. The third kappa shape index (κ3) is 4.63. The Morgan fingerprint density at radius 1 is 1.20 bits per heavy atom. The van der Waals surface area contributed by atoms with Crippen LogP contribution in [0.1, 0.15) is 22.3 Å². The van der Waals surface area contributed by atoms with Crippen LogP contribution in [-0.4, -0.2) is 33.2 Å². The number of benzene rings is 2. The van der Waals surface area contributed by atoms with Gasteiger partial charge in [0.05, 0.1) is 0 Å². The molecule has 0 aromatic heterocycles. The van der Waals surface area contributed by atoms with Gasteiger partial charge in [-0.25, -0.2) is 4.39 Å². The average Bonchev–Trinajstić information content (AvgIpc) is 2.66. The Kier molecular flexibility index (Phi) is 6.26. The van der Waals surface area contributed by atoms with E-state index in [0.717, 1.165) is 4.90 Å². The Hall–Kier alpha value is -3.74. The Bertz CT molecular complexity index is 1070. The molecule has 6 nitrogen and oxygen atoms in total. The highest BCUT2D eigenvalue weighted by Gasteiger charge is 2.36. The van der Waals surface area contributed by atoms with E-state index in [9.17, 15) is 42.9 Å². The van der Waals surface area contributed by atoms with Gasteiger partial charge in [-0.15, -0.1) is 0 Å². The van der Waals surface area contributed by atoms with Crippen molar-refractivity contribution in [1.29, 1.82) is 5.26 Å². The van der Waals surface area contributed by atoms with Crippen LogP contribution >= 0.6 is 0 Å². The number of hydrogen-bond acceptors (Lipinski definition) is 5. The first-order valence-electron chi connectivity index (χ1n) is 8.34. The van der Waals surface area contributed by atoms with Crippen molar-refractivity contribution >= 4 is 11.7 Å². The van der Waals surface area contributed by atoms with Crippen molar-refractivity contribution < 1.29 is 37.7 Å². The molecule has 0 radical (unpaired) electrons. The van der Waals surface area contributed by atoms with E-state index in [4.69, 9.17) is 0 Å². The second kappa shape index (κ2) is 8.32. The summed E-state index contributed by atoms with van der Waals surface area (Å²) in [7, 11) is 1.21. The number of hydrogen-bond donors (Lipinski definition) is 3. The van der Waals surface area contributed by atoms with Crippen LogP contribution in [0.3, 0.4) is 0 Å². The van der Waals surface area contributed by atoms with Crippen LogP contribution in [-0.2, 0) is 17.5 Å². The monoisotopic (exact) mass is 424 g/mol. The van der Waals surface area contributed by atoms with Crippen molar-refractivity contribution in [3.8, 4) is 17.6 Å². The summed E-state index contributed by atoms with van der Waals surface area (Å²) in [6.07, 6.45) is -5.08. The minimum atomic E-state index is -5.08. The van der Waals surface area contributed by atoms with E-state index < -0.39 is 51.9 Å². The van der Waals surface area contributed by atoms with Gasteiger partial charge < -0.3 is 20.2 Å². The van der Waals surface area contributed by atoms with Gasteiger partial charge in [-0.2, -0.15) is 18.4 Å². The van der Waals surface area contributed by atoms with Crippen molar-refractivity contribution in [2.75, 3.05) is 7.05 Å². The predicted octanol–water partition coefficient (Wildman–Crippen LogP) is 4.02. The lowest BCUT2D eigenvalue weighted by atomic mass is 10.0. The topological polar surface area (TPSA) is 105 Å². The Morgan fingerprint density at radius 2 is 1.83 bits per heavy atom. The van der Waals surface area contributed by atoms with Crippen molar-refractivity contribution in [2.45, 2.75) is 19.6 Å². The Labute approximate surface area is 168 Å². The first kappa shape index (κ1) is 22.5. The van der Waals surface area contributed by atoms with Crippen LogP contribution in [0.2, 0.25) is 0 Å². The van der Waals surface area contributed by atoms with E-state index in [-0.39, 0.29) is 18.2 Å². The van der Waals surface area contributed by atoms with Crippen LogP contribution in [0, 0.1) is 24.1 Å². The largest absolute Gasteiger partial charge is 0.506 e. The van der Waals surface area contributed by atoms with E-state index in [1.807, 2.05) is 0 Å². The maximum Gasteiger partial charge on any atom is 0.420 e. The third-order valence-electron chi connectivity index (χ3n) is 4.19. The summed E-state index contributed by atoms with van der Waals surface area (Å²) in [6.45, 7) is 1.42. The zero-order chi connectivity index (χ0) is 22.8. The van der Waals surface area contributed by atoms with Crippen molar-refractivity contribution in [3.63, 3.8) is 0 Å². The maximum absolute atomic E-state index is 13.9. The molecule has 10 heteroatoms. The second-order valence-electron chi connectivity index (χ2n) is 6.48. The molecule has 0 unspecified atom stereocenters. The average molecular weight is 424 g/mol. The van der Waals surface area contributed by atoms with E-state index >= 15 is 0 Å². The number of aromatic hydroxyl groups is 2. The molecule has 30 heavy (non-hydrogen) atoms. The number of aryl methyl sites for hydroxylation is 1. The highest BCUT2D eigenvalue weighted by atomic mass is 19.4. The third-order valence-corrected chi connectivity index (χ3v) is 4.19. The fourth-order valence-electron chi connectivity index (χ4n) is 2.66. The minimum Gasteiger partial charge on any atom is -0.506 e. The smallest absolute Gasteiger partial charge is 0.420 e. The van der Waals surface area contributed by atoms with Gasteiger partial charge >= 0.3 is 6.18 Å². The molecule has 0 aliphatic rings. The number of aliphatic hydroxyl groups excluding tert-OH is 1. The second-order valence-corrected chi connectivity index (χ2v) is 6.48. The normalized spacial score (nSPS) is 12.2. The van der Waals surface area contributed by atoms with Crippen LogP contribution in [0.4, 0.5) is 17.6 Å². The van der Waals surface area contributed by atoms with E-state index in [1.54, 1.807) is 6.92 Å². The highest BCUT2D eigenvalue weighted by molar-refractivity contribution is 6.03. The minimum absolute atomic E-state index is 0.129. The first-order valence-corrected chi connectivity index (χ1v) is 8.34. The lowest BCUT2D eigenvalue weighted by Crippen LogP contribution is -2.28. The molecule has 0 saturated heterocycles. The number of alkyl halides is 3. The van der Waals surface area contributed by atoms with Crippen LogP contribution < -0.4 is 0 Å². The number of likely N-dealkylation sites (N-methyl/N-ethyl adjacent to an activating group) is 1. The van der Waals surface area contributed by atoms with Crippen LogP contribution in [0.15, 0.2) is 35.9 Å². The zero-order valence-corrected chi connectivity index (χ0v) is 15.8. The number of phenolic OH excluding ortho intramolecular Hbond substituents is 2. The molecule has 0 bridgehead atoms. The van der Waals surface area contributed by atoms with Crippen molar-refractivity contribution in [1.82, 2.24) is 4.90 Å². The van der Waals surface area contributed by atoms with Gasteiger partial charge in [0.2, 0.25) is 0 Å². The molecule has 2 aromatic carbocycles. The number of halogens is 4. The van der Waals surface area contributed by atoms with Gasteiger partial charge in [0.1, 0.15) is 23.2 Å². The summed E-state index contributed by atoms with van der Waals surface area (Å²) in [6, 6.07) is 6.45. The number of carbonyl (C=O) groups is 1. The number of nitriles is 1. The lowest BCUT2D eigenvalue weighted by Gasteiger charge is -2.18. The summed E-state index contributed by atoms with van der Waals surface area (Å²) in [4.78, 5) is 13.5. The summed E-state index contributed by atoms with van der Waals surface area (Å²) < 4.78 is 52.9. The molecule has 0 spiro atoms. The van der Waals surface area contributed by atoms with Gasteiger partial charge in [-0.1, -0.05) is 17.7 Å². The van der Waals surface area contributed by atoms with Crippen molar-refractivity contribution in [3.05, 3.63) is 64.0 Å². The molecular weight excluding hydrogens is 408 g/mol. The molecule has 1 amide bonds. The van der Waals surface area contributed by atoms with E-state index in [1.165, 1.54) is 31.3 Å². The molecule has 0 aliphatic heterocycles. The quantitative estimate of drug-likeness (QED) is 0.226.